The molecule has 11 heteroatoms. The van der Waals surface area contributed by atoms with Gasteiger partial charge in [-0.3, -0.25) is 0 Å². The highest BCUT2D eigenvalue weighted by atomic mass is 32.2. The Labute approximate surface area is 171 Å². The molecule has 2 aliphatic heterocycles. The van der Waals surface area contributed by atoms with Crippen LogP contribution in [0.4, 0.5) is 0 Å². The van der Waals surface area contributed by atoms with E-state index in [1.807, 2.05) is 18.2 Å². The lowest BCUT2D eigenvalue weighted by Crippen LogP contribution is -2.64. The topological polar surface area (TPSA) is 169 Å². The summed E-state index contributed by atoms with van der Waals surface area (Å²) in [7, 11) is 0. The summed E-state index contributed by atoms with van der Waals surface area (Å²) in [6.07, 6.45) is -12.9. The van der Waals surface area contributed by atoms with Gasteiger partial charge >= 0.3 is 0 Å². The summed E-state index contributed by atoms with van der Waals surface area (Å²) >= 11 is 1.16. The van der Waals surface area contributed by atoms with E-state index in [1.54, 1.807) is 12.1 Å². The summed E-state index contributed by atoms with van der Waals surface area (Å²) in [4.78, 5) is 0.786. The maximum Gasteiger partial charge on any atom is 0.187 e. The van der Waals surface area contributed by atoms with Gasteiger partial charge in [-0.05, 0) is 12.1 Å². The molecule has 2 heterocycles. The largest absolute Gasteiger partial charge is 0.394 e. The molecule has 0 bridgehead atoms. The number of hydrogen-bond donors (Lipinski definition) is 7. The first-order valence-electron chi connectivity index (χ1n) is 9.17. The zero-order chi connectivity index (χ0) is 21.1. The van der Waals surface area contributed by atoms with Gasteiger partial charge in [0.2, 0.25) is 0 Å². The second kappa shape index (κ2) is 9.98. The van der Waals surface area contributed by atoms with Crippen LogP contribution in [0, 0.1) is 0 Å². The first-order chi connectivity index (χ1) is 13.9. The van der Waals surface area contributed by atoms with Crippen LogP contribution < -0.4 is 0 Å². The van der Waals surface area contributed by atoms with Crippen molar-refractivity contribution < 1.29 is 50.0 Å². The summed E-state index contributed by atoms with van der Waals surface area (Å²) in [5.74, 6) is 0. The highest BCUT2D eigenvalue weighted by Gasteiger charge is 2.50. The third-order valence-corrected chi connectivity index (χ3v) is 6.12. The van der Waals surface area contributed by atoms with Crippen LogP contribution in [0.15, 0.2) is 35.2 Å². The Kier molecular flexibility index (Phi) is 7.87. The zero-order valence-corrected chi connectivity index (χ0v) is 16.2. The van der Waals surface area contributed by atoms with E-state index in [9.17, 15) is 35.7 Å². The van der Waals surface area contributed by atoms with Crippen LogP contribution >= 0.6 is 11.8 Å². The third kappa shape index (κ3) is 4.92. The number of hydrogen-bond acceptors (Lipinski definition) is 11. The zero-order valence-electron chi connectivity index (χ0n) is 15.3. The highest BCUT2D eigenvalue weighted by molar-refractivity contribution is 7.99. The molecule has 0 aliphatic carbocycles. The van der Waals surface area contributed by atoms with Crippen molar-refractivity contribution >= 4 is 11.8 Å². The van der Waals surface area contributed by atoms with Crippen LogP contribution in [-0.4, -0.2) is 110 Å². The molecule has 29 heavy (non-hydrogen) atoms. The standard InChI is InChI=1S/C18H26O10S/c19-6-9-11(21)12(22)14(24)17(26-9)28-16-10(7-20)27-18(15(25)13(16)23)29-8-4-2-1-3-5-8/h1-5,9-25H,6-7H2/t9-,10-,11+,12+,13-,14+,15+,16+,17+,18+/m0/s1. The average molecular weight is 434 g/mol. The fourth-order valence-corrected chi connectivity index (χ4v) is 4.37. The van der Waals surface area contributed by atoms with Gasteiger partial charge in [0.15, 0.2) is 6.29 Å². The molecule has 0 amide bonds. The first kappa shape index (κ1) is 22.8. The maximum atomic E-state index is 10.6. The molecule has 0 saturated carbocycles. The normalized spacial score (nSPS) is 43.3. The second-order valence-corrected chi connectivity index (χ2v) is 8.11. The summed E-state index contributed by atoms with van der Waals surface area (Å²) in [6, 6.07) is 9.05. The van der Waals surface area contributed by atoms with Crippen molar-refractivity contribution in [1.82, 2.24) is 0 Å². The van der Waals surface area contributed by atoms with Crippen LogP contribution in [0.3, 0.4) is 0 Å². The van der Waals surface area contributed by atoms with Gasteiger partial charge in [-0.2, -0.15) is 0 Å². The molecule has 0 radical (unpaired) electrons. The Morgan fingerprint density at radius 3 is 2.03 bits per heavy atom. The summed E-state index contributed by atoms with van der Waals surface area (Å²) in [6.45, 7) is -1.20. The molecule has 2 fully saturated rings. The molecule has 2 saturated heterocycles. The van der Waals surface area contributed by atoms with E-state index in [4.69, 9.17) is 14.2 Å². The van der Waals surface area contributed by atoms with Crippen LogP contribution in [0.5, 0.6) is 0 Å². The van der Waals surface area contributed by atoms with E-state index in [1.165, 1.54) is 0 Å². The van der Waals surface area contributed by atoms with Crippen molar-refractivity contribution in [2.75, 3.05) is 13.2 Å². The quantitative estimate of drug-likeness (QED) is 0.251. The molecule has 1 aromatic rings. The molecular weight excluding hydrogens is 408 g/mol. The number of benzene rings is 1. The van der Waals surface area contributed by atoms with E-state index in [-0.39, 0.29) is 0 Å². The van der Waals surface area contributed by atoms with Crippen LogP contribution in [0.25, 0.3) is 0 Å². The third-order valence-electron chi connectivity index (χ3n) is 4.96. The summed E-state index contributed by atoms with van der Waals surface area (Å²) < 4.78 is 16.5. The lowest BCUT2D eigenvalue weighted by atomic mass is 9.97. The number of rotatable bonds is 6. The molecule has 0 spiro atoms. The van der Waals surface area contributed by atoms with Crippen molar-refractivity contribution in [3.8, 4) is 0 Å². The Bertz CT molecular complexity index is 632. The van der Waals surface area contributed by atoms with E-state index >= 15 is 0 Å². The average Bonchev–Trinajstić information content (AvgIpc) is 2.74. The van der Waals surface area contributed by atoms with Gasteiger partial charge in [0.25, 0.3) is 0 Å². The minimum absolute atomic E-state index is 0.558. The molecule has 10 nitrogen and oxygen atoms in total. The van der Waals surface area contributed by atoms with Gasteiger partial charge in [0.1, 0.15) is 54.3 Å². The molecule has 0 aromatic heterocycles. The van der Waals surface area contributed by atoms with E-state index in [0.29, 0.717) is 0 Å². The van der Waals surface area contributed by atoms with E-state index < -0.39 is 73.8 Å². The SMILES string of the molecule is OC[C@@H]1O[C@H](O[C@H]2[C@@H](O)[C@@H](O)[C@@H](Sc3ccccc3)O[C@H]2CO)[C@H](O)[C@H](O)[C@@H]1O. The Morgan fingerprint density at radius 2 is 1.41 bits per heavy atom. The fraction of sp³-hybridized carbons (Fsp3) is 0.667. The Balaban J connectivity index is 1.71. The molecule has 164 valence electrons. The molecule has 1 aromatic carbocycles. The molecule has 10 atom stereocenters. The Hall–Kier alpha value is -0.830. The van der Waals surface area contributed by atoms with Gasteiger partial charge < -0.3 is 50.0 Å². The smallest absolute Gasteiger partial charge is 0.187 e. The minimum Gasteiger partial charge on any atom is -0.394 e. The number of aliphatic hydroxyl groups excluding tert-OH is 7. The number of thioether (sulfide) groups is 1. The number of ether oxygens (including phenoxy) is 3. The van der Waals surface area contributed by atoms with Gasteiger partial charge in [-0.25, -0.2) is 0 Å². The molecule has 7 N–H and O–H groups in total. The molecule has 3 rings (SSSR count). The van der Waals surface area contributed by atoms with E-state index in [0.717, 1.165) is 16.7 Å². The van der Waals surface area contributed by atoms with E-state index in [2.05, 4.69) is 0 Å². The molecular formula is C18H26O10S. The van der Waals surface area contributed by atoms with Crippen LogP contribution in [0.2, 0.25) is 0 Å². The Morgan fingerprint density at radius 1 is 0.759 bits per heavy atom. The molecule has 0 unspecified atom stereocenters. The van der Waals surface area contributed by atoms with Gasteiger partial charge in [-0.1, -0.05) is 30.0 Å². The second-order valence-electron chi connectivity index (χ2n) is 6.94. The fourth-order valence-electron chi connectivity index (χ4n) is 3.29. The molecule has 2 aliphatic rings. The lowest BCUT2D eigenvalue weighted by Gasteiger charge is -2.46. The van der Waals surface area contributed by atoms with Crippen LogP contribution in [0.1, 0.15) is 0 Å². The van der Waals surface area contributed by atoms with Gasteiger partial charge in [0, 0.05) is 4.90 Å². The monoisotopic (exact) mass is 434 g/mol. The van der Waals surface area contributed by atoms with Crippen LogP contribution in [-0.2, 0) is 14.2 Å². The predicted molar refractivity (Wildman–Crippen MR) is 98.7 cm³/mol. The minimum atomic E-state index is -1.69. The van der Waals surface area contributed by atoms with Crippen molar-refractivity contribution in [3.63, 3.8) is 0 Å². The van der Waals surface area contributed by atoms with Crippen molar-refractivity contribution in [2.45, 2.75) is 65.5 Å². The lowest BCUT2D eigenvalue weighted by molar-refractivity contribution is -0.338. The van der Waals surface area contributed by atoms with Gasteiger partial charge in [0.05, 0.1) is 13.2 Å². The maximum absolute atomic E-state index is 10.6. The predicted octanol–water partition coefficient (Wildman–Crippen LogP) is -2.60. The summed E-state index contributed by atoms with van der Waals surface area (Å²) in [5, 5.41) is 69.8. The van der Waals surface area contributed by atoms with Gasteiger partial charge in [-0.15, -0.1) is 0 Å². The van der Waals surface area contributed by atoms with Crippen molar-refractivity contribution in [2.24, 2.45) is 0 Å². The number of aliphatic hydroxyl groups is 7. The van der Waals surface area contributed by atoms with Crippen molar-refractivity contribution in [3.05, 3.63) is 30.3 Å². The van der Waals surface area contributed by atoms with Crippen molar-refractivity contribution in [1.29, 1.82) is 0 Å². The first-order valence-corrected chi connectivity index (χ1v) is 10.1. The summed E-state index contributed by atoms with van der Waals surface area (Å²) in [5.41, 5.74) is -0.890. The highest BCUT2D eigenvalue weighted by Crippen LogP contribution is 2.35.